The van der Waals surface area contributed by atoms with Crippen LogP contribution in [0.4, 0.5) is 17.6 Å². The van der Waals surface area contributed by atoms with Crippen molar-refractivity contribution in [3.8, 4) is 5.75 Å². The van der Waals surface area contributed by atoms with Crippen molar-refractivity contribution in [2.75, 3.05) is 19.7 Å². The van der Waals surface area contributed by atoms with E-state index in [-0.39, 0.29) is 37.3 Å². The number of likely N-dealkylation sites (tertiary alicyclic amines) is 1. The number of piperidine rings is 1. The minimum absolute atomic E-state index is 0.00868. The van der Waals surface area contributed by atoms with Crippen LogP contribution in [-0.4, -0.2) is 36.7 Å². The van der Waals surface area contributed by atoms with E-state index in [0.717, 1.165) is 11.0 Å². The highest BCUT2D eigenvalue weighted by atomic mass is 19.4. The van der Waals surface area contributed by atoms with Crippen LogP contribution in [0.1, 0.15) is 30.1 Å². The van der Waals surface area contributed by atoms with Crippen molar-refractivity contribution in [2.24, 2.45) is 5.92 Å². The van der Waals surface area contributed by atoms with Gasteiger partial charge in [0.2, 0.25) is 0 Å². The first-order chi connectivity index (χ1) is 10.3. The fraction of sp³-hybridized carbons (Fsp3) is 0.533. The number of alkyl halides is 3. The average molecular weight is 319 g/mol. The van der Waals surface area contributed by atoms with E-state index in [0.29, 0.717) is 0 Å². The van der Waals surface area contributed by atoms with Gasteiger partial charge in [0.05, 0.1) is 18.1 Å². The maximum absolute atomic E-state index is 13.8. The third-order valence-electron chi connectivity index (χ3n) is 3.66. The van der Waals surface area contributed by atoms with Crippen LogP contribution < -0.4 is 4.74 Å². The van der Waals surface area contributed by atoms with Gasteiger partial charge >= 0.3 is 6.18 Å². The smallest absolute Gasteiger partial charge is 0.393 e. The fourth-order valence-corrected chi connectivity index (χ4v) is 2.57. The van der Waals surface area contributed by atoms with Crippen molar-refractivity contribution in [1.29, 1.82) is 0 Å². The second-order valence-electron chi connectivity index (χ2n) is 5.18. The Morgan fingerprint density at radius 2 is 2.14 bits per heavy atom. The van der Waals surface area contributed by atoms with Crippen LogP contribution in [0.15, 0.2) is 18.2 Å². The molecule has 1 aliphatic rings. The van der Waals surface area contributed by atoms with Crippen LogP contribution in [0.3, 0.4) is 0 Å². The lowest BCUT2D eigenvalue weighted by Crippen LogP contribution is -2.44. The zero-order valence-corrected chi connectivity index (χ0v) is 12.1. The fourth-order valence-electron chi connectivity index (χ4n) is 2.57. The van der Waals surface area contributed by atoms with E-state index in [1.165, 1.54) is 12.1 Å². The topological polar surface area (TPSA) is 29.5 Å². The molecule has 1 atom stereocenters. The molecule has 0 aromatic heterocycles. The Bertz CT molecular complexity index is 545. The quantitative estimate of drug-likeness (QED) is 0.796. The summed E-state index contributed by atoms with van der Waals surface area (Å²) >= 11 is 0. The van der Waals surface area contributed by atoms with Gasteiger partial charge in [0.15, 0.2) is 11.6 Å². The number of para-hydroxylation sites is 1. The van der Waals surface area contributed by atoms with Crippen LogP contribution >= 0.6 is 0 Å². The summed E-state index contributed by atoms with van der Waals surface area (Å²) in [4.78, 5) is 13.6. The highest BCUT2D eigenvalue weighted by Crippen LogP contribution is 2.34. The van der Waals surface area contributed by atoms with Crippen molar-refractivity contribution in [3.63, 3.8) is 0 Å². The maximum Gasteiger partial charge on any atom is 0.393 e. The Labute approximate surface area is 125 Å². The van der Waals surface area contributed by atoms with Crippen LogP contribution in [0, 0.1) is 11.7 Å². The number of carbonyl (C=O) groups excluding carboxylic acids is 1. The first kappa shape index (κ1) is 16.6. The monoisotopic (exact) mass is 319 g/mol. The van der Waals surface area contributed by atoms with Crippen molar-refractivity contribution < 1.29 is 27.1 Å². The summed E-state index contributed by atoms with van der Waals surface area (Å²) in [7, 11) is 0. The van der Waals surface area contributed by atoms with Crippen LogP contribution in [0.25, 0.3) is 0 Å². The Morgan fingerprint density at radius 1 is 1.41 bits per heavy atom. The van der Waals surface area contributed by atoms with Gasteiger partial charge in [-0.2, -0.15) is 13.2 Å². The zero-order chi connectivity index (χ0) is 16.3. The third kappa shape index (κ3) is 3.51. The molecule has 1 aromatic rings. The highest BCUT2D eigenvalue weighted by Gasteiger charge is 2.43. The Morgan fingerprint density at radius 3 is 2.77 bits per heavy atom. The number of hydrogen-bond acceptors (Lipinski definition) is 2. The third-order valence-corrected chi connectivity index (χ3v) is 3.66. The Kier molecular flexibility index (Phi) is 4.93. The molecule has 1 aliphatic heterocycles. The molecule has 0 radical (unpaired) electrons. The lowest BCUT2D eigenvalue weighted by molar-refractivity contribution is -0.184. The normalized spacial score (nSPS) is 19.1. The molecule has 1 aromatic carbocycles. The van der Waals surface area contributed by atoms with Gasteiger partial charge < -0.3 is 9.64 Å². The molecule has 22 heavy (non-hydrogen) atoms. The lowest BCUT2D eigenvalue weighted by atomic mass is 9.97. The van der Waals surface area contributed by atoms with E-state index < -0.39 is 30.4 Å². The highest BCUT2D eigenvalue weighted by molar-refractivity contribution is 5.97. The van der Waals surface area contributed by atoms with Crippen molar-refractivity contribution in [2.45, 2.75) is 25.9 Å². The lowest BCUT2D eigenvalue weighted by Gasteiger charge is -2.34. The summed E-state index contributed by atoms with van der Waals surface area (Å²) < 4.78 is 57.3. The first-order valence-electron chi connectivity index (χ1n) is 7.12. The molecule has 7 heteroatoms. The molecule has 0 saturated carbocycles. The number of ether oxygens (including phenoxy) is 1. The summed E-state index contributed by atoms with van der Waals surface area (Å²) in [5.74, 6) is -3.06. The van der Waals surface area contributed by atoms with Crippen LogP contribution in [-0.2, 0) is 0 Å². The molecule has 0 unspecified atom stereocenters. The molecular weight excluding hydrogens is 302 g/mol. The summed E-state index contributed by atoms with van der Waals surface area (Å²) in [6.07, 6.45) is -4.05. The molecule has 0 aliphatic carbocycles. The molecule has 2 rings (SSSR count). The van der Waals surface area contributed by atoms with Gasteiger partial charge in [0.1, 0.15) is 0 Å². The van der Waals surface area contributed by atoms with Crippen molar-refractivity contribution >= 4 is 5.91 Å². The molecule has 1 heterocycles. The van der Waals surface area contributed by atoms with E-state index in [2.05, 4.69) is 0 Å². The molecule has 122 valence electrons. The molecule has 1 amide bonds. The van der Waals surface area contributed by atoms with Gasteiger partial charge in [-0.15, -0.1) is 0 Å². The number of carbonyl (C=O) groups is 1. The standard InChI is InChI=1S/C15H17F4NO2/c1-2-22-13-11(6-3-7-12(13)16)14(21)20-8-4-5-10(9-20)15(17,18)19/h3,6-7,10H,2,4-5,8-9H2,1H3/t10-/m1/s1. The average Bonchev–Trinajstić information content (AvgIpc) is 2.48. The predicted octanol–water partition coefficient (Wildman–Crippen LogP) is 3.64. The van der Waals surface area contributed by atoms with Gasteiger partial charge in [-0.3, -0.25) is 4.79 Å². The van der Waals surface area contributed by atoms with Gasteiger partial charge in [-0.05, 0) is 31.9 Å². The van der Waals surface area contributed by atoms with Crippen molar-refractivity contribution in [3.05, 3.63) is 29.6 Å². The second kappa shape index (κ2) is 6.54. The van der Waals surface area contributed by atoms with E-state index >= 15 is 0 Å². The van der Waals surface area contributed by atoms with E-state index in [4.69, 9.17) is 4.74 Å². The number of hydrogen-bond donors (Lipinski definition) is 0. The van der Waals surface area contributed by atoms with E-state index in [1.807, 2.05) is 0 Å². The molecule has 0 spiro atoms. The predicted molar refractivity (Wildman–Crippen MR) is 72.3 cm³/mol. The van der Waals surface area contributed by atoms with Crippen molar-refractivity contribution in [1.82, 2.24) is 4.90 Å². The molecular formula is C15H17F4NO2. The molecule has 1 saturated heterocycles. The summed E-state index contributed by atoms with van der Waals surface area (Å²) in [5, 5.41) is 0. The molecule has 0 bridgehead atoms. The first-order valence-corrected chi connectivity index (χ1v) is 7.12. The minimum Gasteiger partial charge on any atom is -0.490 e. The van der Waals surface area contributed by atoms with E-state index in [9.17, 15) is 22.4 Å². The van der Waals surface area contributed by atoms with Gasteiger partial charge in [0.25, 0.3) is 5.91 Å². The largest absolute Gasteiger partial charge is 0.490 e. The summed E-state index contributed by atoms with van der Waals surface area (Å²) in [6.45, 7) is 1.63. The summed E-state index contributed by atoms with van der Waals surface area (Å²) in [6, 6.07) is 3.86. The maximum atomic E-state index is 13.8. The number of halogens is 4. The number of nitrogens with zero attached hydrogens (tertiary/aromatic N) is 1. The minimum atomic E-state index is -4.33. The number of rotatable bonds is 3. The SMILES string of the molecule is CCOc1c(F)cccc1C(=O)N1CCC[C@@H](C(F)(F)F)C1. The van der Waals surface area contributed by atoms with Gasteiger partial charge in [-0.1, -0.05) is 6.07 Å². The number of benzene rings is 1. The van der Waals surface area contributed by atoms with Crippen LogP contribution in [0.2, 0.25) is 0 Å². The van der Waals surface area contributed by atoms with Gasteiger partial charge in [-0.25, -0.2) is 4.39 Å². The Hall–Kier alpha value is -1.79. The number of amides is 1. The molecule has 3 nitrogen and oxygen atoms in total. The van der Waals surface area contributed by atoms with E-state index in [1.54, 1.807) is 6.92 Å². The second-order valence-corrected chi connectivity index (χ2v) is 5.18. The molecule has 1 fully saturated rings. The molecule has 0 N–H and O–H groups in total. The Balaban J connectivity index is 2.23. The zero-order valence-electron chi connectivity index (χ0n) is 12.1. The summed E-state index contributed by atoms with van der Waals surface area (Å²) in [5.41, 5.74) is -0.0373. The van der Waals surface area contributed by atoms with Crippen LogP contribution in [0.5, 0.6) is 5.75 Å². The van der Waals surface area contributed by atoms with Gasteiger partial charge in [0, 0.05) is 13.1 Å².